The van der Waals surface area contributed by atoms with Gasteiger partial charge in [-0.1, -0.05) is 0 Å². The molecule has 0 bridgehead atoms. The van der Waals surface area contributed by atoms with E-state index in [0.717, 1.165) is 6.20 Å². The average molecular weight is 616 g/mol. The van der Waals surface area contributed by atoms with Crippen LogP contribution in [-0.2, 0) is 40.1 Å². The topological polar surface area (TPSA) is 196 Å². The van der Waals surface area contributed by atoms with Gasteiger partial charge in [-0.3, -0.25) is 14.2 Å². The summed E-state index contributed by atoms with van der Waals surface area (Å²) >= 11 is 5.54. The summed E-state index contributed by atoms with van der Waals surface area (Å²) in [6.45, 7) is 4.33. The fourth-order valence-electron chi connectivity index (χ4n) is 3.60. The lowest BCUT2D eigenvalue weighted by Gasteiger charge is -2.35. The summed E-state index contributed by atoms with van der Waals surface area (Å²) < 4.78 is 51.0. The van der Waals surface area contributed by atoms with Gasteiger partial charge in [-0.25, -0.2) is 23.7 Å². The van der Waals surface area contributed by atoms with E-state index in [2.05, 4.69) is 15.2 Å². The first-order chi connectivity index (χ1) is 18.4. The molecule has 0 aromatic carbocycles. The third kappa shape index (κ3) is 8.22. The van der Waals surface area contributed by atoms with E-state index in [1.807, 2.05) is 0 Å². The van der Waals surface area contributed by atoms with Gasteiger partial charge in [0.15, 0.2) is 18.4 Å². The number of nitrogens with zero attached hydrogens (tertiary/aromatic N) is 2. The lowest BCUT2D eigenvalue weighted by atomic mass is 9.96. The zero-order valence-corrected chi connectivity index (χ0v) is 24.5. The second kappa shape index (κ2) is 13.7. The van der Waals surface area contributed by atoms with Gasteiger partial charge < -0.3 is 34.7 Å². The first kappa shape index (κ1) is 34.1. The van der Waals surface area contributed by atoms with Crippen LogP contribution in [0, 0.1) is 0 Å². The molecule has 6 N–H and O–H groups in total. The molecule has 14 nitrogen and oxygen atoms in total. The number of aliphatic hydroxyl groups excluding tert-OH is 2. The van der Waals surface area contributed by atoms with Crippen LogP contribution in [0.2, 0.25) is 0 Å². The summed E-state index contributed by atoms with van der Waals surface area (Å²) in [7, 11) is 0. The van der Waals surface area contributed by atoms with E-state index in [1.54, 1.807) is 27.7 Å². The molecular formula is C22H36F2N5O9PS. The minimum atomic E-state index is -3.79. The van der Waals surface area contributed by atoms with E-state index >= 15 is 0 Å². The Balaban J connectivity index is 2.38. The molecule has 0 aliphatic carbocycles. The molecule has 0 unspecified atom stereocenters. The molecule has 2 heterocycles. The smallest absolute Gasteiger partial charge is 0.351 e. The molecule has 228 valence electrons. The Hall–Kier alpha value is -2.11. The van der Waals surface area contributed by atoms with Gasteiger partial charge in [-0.05, 0) is 59.4 Å². The number of aliphatic hydroxyl groups is 2. The average Bonchev–Trinajstić information content (AvgIpc) is 3.08. The van der Waals surface area contributed by atoms with Crippen LogP contribution in [0.25, 0.3) is 0 Å². The van der Waals surface area contributed by atoms with Crippen LogP contribution in [-0.4, -0.2) is 86.8 Å². The van der Waals surface area contributed by atoms with Crippen molar-refractivity contribution in [2.24, 2.45) is 0 Å². The molecular weight excluding hydrogens is 579 g/mol. The van der Waals surface area contributed by atoms with Crippen LogP contribution in [0.5, 0.6) is 0 Å². The van der Waals surface area contributed by atoms with E-state index in [9.17, 15) is 33.4 Å². The van der Waals surface area contributed by atoms with Crippen LogP contribution in [0.4, 0.5) is 14.6 Å². The second-order valence-electron chi connectivity index (χ2n) is 9.74. The molecule has 2 rings (SSSR count). The third-order valence-electron chi connectivity index (χ3n) is 5.56. The summed E-state index contributed by atoms with van der Waals surface area (Å²) in [5, 5.41) is 26.6. The highest BCUT2D eigenvalue weighted by Crippen LogP contribution is 2.46. The van der Waals surface area contributed by atoms with Crippen molar-refractivity contribution >= 4 is 36.1 Å². The monoisotopic (exact) mass is 615 g/mol. The maximum atomic E-state index is 14.5. The summed E-state index contributed by atoms with van der Waals surface area (Å²) in [6, 6.07) is -1.07. The van der Waals surface area contributed by atoms with Crippen LogP contribution < -0.4 is 21.6 Å². The normalized spacial score (nSPS) is 24.9. The van der Waals surface area contributed by atoms with Crippen molar-refractivity contribution in [1.82, 2.24) is 19.7 Å². The molecule has 1 saturated heterocycles. The van der Waals surface area contributed by atoms with Gasteiger partial charge in [0.25, 0.3) is 6.43 Å². The Kier molecular flexibility index (Phi) is 11.7. The number of carbonyl (C=O) groups is 2. The molecule has 1 aliphatic heterocycles. The molecule has 1 aromatic rings. The van der Waals surface area contributed by atoms with Crippen molar-refractivity contribution in [2.75, 3.05) is 12.3 Å². The summed E-state index contributed by atoms with van der Waals surface area (Å²) in [4.78, 5) is 40.6. The number of alkyl halides is 2. The third-order valence-corrected chi connectivity index (χ3v) is 8.46. The molecule has 0 saturated carbocycles. The van der Waals surface area contributed by atoms with E-state index in [4.69, 9.17) is 36.3 Å². The molecule has 18 heteroatoms. The van der Waals surface area contributed by atoms with Crippen LogP contribution in [0.15, 0.2) is 17.1 Å². The quantitative estimate of drug-likeness (QED) is 0.149. The number of nitrogen functional groups attached to an aromatic ring is 1. The molecule has 0 radical (unpaired) electrons. The maximum Gasteiger partial charge on any atom is 0.351 e. The van der Waals surface area contributed by atoms with Crippen molar-refractivity contribution in [2.45, 2.75) is 96.3 Å². The van der Waals surface area contributed by atoms with Crippen molar-refractivity contribution < 1.29 is 47.3 Å². The molecule has 1 aliphatic rings. The van der Waals surface area contributed by atoms with Gasteiger partial charge in [-0.15, -0.1) is 0 Å². The number of nitrogens with one attached hydrogen (secondary N) is 2. The van der Waals surface area contributed by atoms with Gasteiger partial charge in [0.05, 0.1) is 18.8 Å². The zero-order valence-electron chi connectivity index (χ0n) is 22.8. The summed E-state index contributed by atoms with van der Waals surface area (Å²) in [5.41, 5.74) is 1.55. The molecule has 1 fully saturated rings. The number of halogens is 2. The van der Waals surface area contributed by atoms with Crippen LogP contribution in [0.3, 0.4) is 0 Å². The number of hydrogen-bond acceptors (Lipinski definition) is 12. The Labute approximate surface area is 234 Å². The van der Waals surface area contributed by atoms with Gasteiger partial charge in [0.2, 0.25) is 0 Å². The summed E-state index contributed by atoms with van der Waals surface area (Å²) in [6.07, 6.45) is -9.42. The Morgan fingerprint density at radius 3 is 2.08 bits per heavy atom. The molecule has 6 atom stereocenters. The number of aromatic nitrogens is 2. The van der Waals surface area contributed by atoms with Crippen molar-refractivity contribution in [3.05, 3.63) is 22.7 Å². The van der Waals surface area contributed by atoms with E-state index in [-0.39, 0.29) is 5.82 Å². The zero-order chi connectivity index (χ0) is 30.6. The highest BCUT2D eigenvalue weighted by molar-refractivity contribution is 8.10. The lowest BCUT2D eigenvalue weighted by molar-refractivity contribution is -0.191. The Morgan fingerprint density at radius 1 is 1.15 bits per heavy atom. The van der Waals surface area contributed by atoms with Crippen molar-refractivity contribution in [3.8, 4) is 0 Å². The van der Waals surface area contributed by atoms with Gasteiger partial charge in [-0.2, -0.15) is 4.98 Å². The number of ether oxygens (including phenoxy) is 3. The second-order valence-corrected chi connectivity index (χ2v) is 13.2. The number of anilines is 1. The summed E-state index contributed by atoms with van der Waals surface area (Å²) in [5.74, 6) is -1.64. The number of rotatable bonds is 13. The standard InChI is InChI=1S/C22H36F2N5O9PS/c1-10(2)36-18(32)12(5)27-39(40,28-13(6)19(33)37-11(3)4)35-9-22(20(23)24)16(31)15(30)17(38-22)29-8-7-14(25)26-21(29)34/h7-8,10-13,15-17,20,30-31H,9H2,1-6H3,(H2,25,26,34)(H2,27,28,40)/t12-,13-,15+,16+,17+,22+/m0/s1. The number of hydrogen-bond donors (Lipinski definition) is 5. The number of nitrogens with two attached hydrogens (primary N) is 1. The van der Waals surface area contributed by atoms with Gasteiger partial charge >= 0.3 is 17.6 Å². The first-order valence-electron chi connectivity index (χ1n) is 12.3. The highest BCUT2D eigenvalue weighted by Gasteiger charge is 2.61. The molecule has 0 spiro atoms. The number of esters is 2. The van der Waals surface area contributed by atoms with Gasteiger partial charge in [0.1, 0.15) is 30.1 Å². The van der Waals surface area contributed by atoms with E-state index < -0.39 is 85.6 Å². The molecule has 1 aromatic heterocycles. The van der Waals surface area contributed by atoms with Crippen LogP contribution in [0.1, 0.15) is 47.8 Å². The SMILES string of the molecule is CC(C)OC(=O)[C@H](C)NP(=S)(N[C@@H](C)C(=O)OC(C)C)OC[C@@]1(C(F)F)O[C@@H](n2ccc(N)nc2=O)[C@H](O)[C@H]1O. The predicted molar refractivity (Wildman–Crippen MR) is 142 cm³/mol. The predicted octanol–water partition coefficient (Wildman–Crippen LogP) is 0.181. The highest BCUT2D eigenvalue weighted by atomic mass is 32.4. The largest absolute Gasteiger partial charge is 0.462 e. The maximum absolute atomic E-state index is 14.5. The minimum Gasteiger partial charge on any atom is -0.462 e. The molecule has 0 amide bonds. The van der Waals surface area contributed by atoms with E-state index in [1.165, 1.54) is 19.9 Å². The van der Waals surface area contributed by atoms with Crippen molar-refractivity contribution in [1.29, 1.82) is 0 Å². The van der Waals surface area contributed by atoms with Gasteiger partial charge in [0, 0.05) is 6.20 Å². The van der Waals surface area contributed by atoms with Crippen LogP contribution >= 0.6 is 6.57 Å². The fourth-order valence-corrected chi connectivity index (χ4v) is 6.55. The fraction of sp³-hybridized carbons (Fsp3) is 0.727. The van der Waals surface area contributed by atoms with E-state index in [0.29, 0.717) is 4.57 Å². The minimum absolute atomic E-state index is 0.161. The Bertz CT molecular complexity index is 1130. The van der Waals surface area contributed by atoms with Crippen molar-refractivity contribution in [3.63, 3.8) is 0 Å². The number of carbonyl (C=O) groups excluding carboxylic acids is 2. The lowest BCUT2D eigenvalue weighted by Crippen LogP contribution is -2.53. The molecule has 40 heavy (non-hydrogen) atoms. The first-order valence-corrected chi connectivity index (χ1v) is 15.0. The Morgan fingerprint density at radius 2 is 1.65 bits per heavy atom.